The lowest BCUT2D eigenvalue weighted by molar-refractivity contribution is 0.326. The van der Waals surface area contributed by atoms with Gasteiger partial charge in [0.1, 0.15) is 11.6 Å². The highest BCUT2D eigenvalue weighted by Gasteiger charge is 2.26. The van der Waals surface area contributed by atoms with Crippen LogP contribution in [0.2, 0.25) is 5.02 Å². The molecule has 6 heteroatoms. The number of aromatic nitrogens is 1. The van der Waals surface area contributed by atoms with E-state index in [4.69, 9.17) is 21.3 Å². The topological polar surface area (TPSA) is 49.1 Å². The van der Waals surface area contributed by atoms with Gasteiger partial charge < -0.3 is 9.64 Å². The highest BCUT2D eigenvalue weighted by atomic mass is 35.5. The number of hydrogen-bond donors (Lipinski definition) is 0. The van der Waals surface area contributed by atoms with Crippen LogP contribution in [0.1, 0.15) is 44.6 Å². The summed E-state index contributed by atoms with van der Waals surface area (Å²) < 4.78 is 5.91. The normalized spacial score (nSPS) is 14.0. The molecule has 4 nitrogen and oxygen atoms in total. The molecule has 0 saturated heterocycles. The van der Waals surface area contributed by atoms with Gasteiger partial charge in [0, 0.05) is 46.1 Å². The van der Waals surface area contributed by atoms with Crippen molar-refractivity contribution in [3.8, 4) is 34.3 Å². The molecule has 4 rings (SSSR count). The van der Waals surface area contributed by atoms with E-state index in [0.717, 1.165) is 33.0 Å². The first-order valence-corrected chi connectivity index (χ1v) is 13.1. The van der Waals surface area contributed by atoms with Crippen molar-refractivity contribution < 1.29 is 4.74 Å². The molecule has 34 heavy (non-hydrogen) atoms. The summed E-state index contributed by atoms with van der Waals surface area (Å²) in [5, 5.41) is 11.4. The second-order valence-electron chi connectivity index (χ2n) is 8.72. The maximum Gasteiger partial charge on any atom is 0.232 e. The number of nitriles is 1. The summed E-state index contributed by atoms with van der Waals surface area (Å²) in [4.78, 5) is 8.04. The van der Waals surface area contributed by atoms with Crippen molar-refractivity contribution in [2.75, 3.05) is 25.6 Å². The number of benzene rings is 2. The second kappa shape index (κ2) is 11.2. The third kappa shape index (κ3) is 5.35. The number of anilines is 1. The van der Waals surface area contributed by atoms with Gasteiger partial charge in [-0.3, -0.25) is 0 Å². The van der Waals surface area contributed by atoms with Crippen LogP contribution < -0.4 is 9.64 Å². The predicted molar refractivity (Wildman–Crippen MR) is 143 cm³/mol. The summed E-state index contributed by atoms with van der Waals surface area (Å²) in [5.74, 6) is 0.384. The van der Waals surface area contributed by atoms with Gasteiger partial charge in [0.2, 0.25) is 5.88 Å². The average molecular weight is 492 g/mol. The molecule has 1 aliphatic rings. The van der Waals surface area contributed by atoms with Gasteiger partial charge in [-0.05, 0) is 49.6 Å². The van der Waals surface area contributed by atoms with E-state index in [2.05, 4.69) is 35.2 Å². The van der Waals surface area contributed by atoms with E-state index in [-0.39, 0.29) is 0 Å². The van der Waals surface area contributed by atoms with Gasteiger partial charge in [0.15, 0.2) is 0 Å². The molecular formula is C28H30ClN3OS. The van der Waals surface area contributed by atoms with E-state index < -0.39 is 0 Å². The lowest BCUT2D eigenvalue weighted by Crippen LogP contribution is -2.10. The summed E-state index contributed by atoms with van der Waals surface area (Å²) >= 11 is 8.06. The van der Waals surface area contributed by atoms with Crippen LogP contribution in [0.3, 0.4) is 0 Å². The number of hydrogen-bond acceptors (Lipinski definition) is 5. The number of nitrogens with zero attached hydrogens (tertiary/aromatic N) is 3. The lowest BCUT2D eigenvalue weighted by Gasteiger charge is -2.25. The van der Waals surface area contributed by atoms with Crippen LogP contribution in [0.15, 0.2) is 53.4 Å². The number of halogens is 1. The third-order valence-electron chi connectivity index (χ3n) is 6.14. The van der Waals surface area contributed by atoms with Crippen molar-refractivity contribution in [1.29, 1.82) is 5.26 Å². The van der Waals surface area contributed by atoms with E-state index in [1.165, 1.54) is 32.1 Å². The van der Waals surface area contributed by atoms with E-state index in [1.807, 2.05) is 57.0 Å². The minimum absolute atomic E-state index is 0.384. The summed E-state index contributed by atoms with van der Waals surface area (Å²) in [5.41, 5.74) is 5.34. The van der Waals surface area contributed by atoms with Gasteiger partial charge in [0.05, 0.1) is 12.3 Å². The van der Waals surface area contributed by atoms with Crippen molar-refractivity contribution >= 4 is 29.1 Å². The SMILES string of the molecule is CCOc1nc(-c2ccc(Cl)cc2)c(SC2CCCCC2)c(-c2ccc(N(C)C)cc2)c1C#N. The Balaban J connectivity index is 1.97. The molecule has 1 fully saturated rings. The lowest BCUT2D eigenvalue weighted by atomic mass is 9.98. The van der Waals surface area contributed by atoms with Crippen molar-refractivity contribution in [3.63, 3.8) is 0 Å². The molecule has 0 aliphatic heterocycles. The van der Waals surface area contributed by atoms with Crippen molar-refractivity contribution in [3.05, 3.63) is 59.1 Å². The van der Waals surface area contributed by atoms with Crippen LogP contribution in [0.25, 0.3) is 22.4 Å². The highest BCUT2D eigenvalue weighted by molar-refractivity contribution is 8.00. The zero-order chi connectivity index (χ0) is 24.1. The van der Waals surface area contributed by atoms with Crippen LogP contribution in [0.5, 0.6) is 5.88 Å². The molecule has 0 amide bonds. The molecule has 1 saturated carbocycles. The average Bonchev–Trinajstić information content (AvgIpc) is 2.86. The molecule has 0 spiro atoms. The highest BCUT2D eigenvalue weighted by Crippen LogP contribution is 2.47. The van der Waals surface area contributed by atoms with Gasteiger partial charge in [-0.15, -0.1) is 11.8 Å². The van der Waals surface area contributed by atoms with Crippen LogP contribution in [-0.4, -0.2) is 30.9 Å². The first kappa shape index (κ1) is 24.4. The summed E-state index contributed by atoms with van der Waals surface area (Å²) in [7, 11) is 4.05. The number of pyridine rings is 1. The molecule has 1 aromatic heterocycles. The fourth-order valence-electron chi connectivity index (χ4n) is 4.36. The Morgan fingerprint density at radius 3 is 2.26 bits per heavy atom. The van der Waals surface area contributed by atoms with Gasteiger partial charge in [-0.25, -0.2) is 4.98 Å². The standard InChI is InChI=1S/C28H30ClN3OS/c1-4-33-28-24(18-30)25(19-12-16-22(17-13-19)32(2)3)27(34-23-8-6-5-7-9-23)26(31-28)20-10-14-21(29)15-11-20/h10-17,23H,4-9H2,1-3H3. The first-order valence-electron chi connectivity index (χ1n) is 11.8. The fraction of sp³-hybridized carbons (Fsp3) is 0.357. The van der Waals surface area contributed by atoms with E-state index in [0.29, 0.717) is 28.3 Å². The minimum Gasteiger partial charge on any atom is -0.477 e. The molecule has 3 aromatic rings. The Hall–Kier alpha value is -2.68. The Labute approximate surface area is 211 Å². The quantitative estimate of drug-likeness (QED) is 0.337. The van der Waals surface area contributed by atoms with Gasteiger partial charge >= 0.3 is 0 Å². The Bertz CT molecular complexity index is 1160. The molecule has 1 aliphatic carbocycles. The number of ether oxygens (including phenoxy) is 1. The maximum absolute atomic E-state index is 10.3. The largest absolute Gasteiger partial charge is 0.477 e. The number of rotatable bonds is 7. The second-order valence-corrected chi connectivity index (χ2v) is 10.5. The van der Waals surface area contributed by atoms with Crippen LogP contribution in [0, 0.1) is 11.3 Å². The molecule has 176 valence electrons. The molecule has 0 bridgehead atoms. The molecule has 1 heterocycles. The van der Waals surface area contributed by atoms with E-state index >= 15 is 0 Å². The number of thioether (sulfide) groups is 1. The van der Waals surface area contributed by atoms with Crippen LogP contribution in [-0.2, 0) is 0 Å². The van der Waals surface area contributed by atoms with Crippen molar-refractivity contribution in [1.82, 2.24) is 4.98 Å². The van der Waals surface area contributed by atoms with Gasteiger partial charge in [-0.1, -0.05) is 55.1 Å². The third-order valence-corrected chi connectivity index (χ3v) is 7.83. The summed E-state index contributed by atoms with van der Waals surface area (Å²) in [6.07, 6.45) is 6.15. The van der Waals surface area contributed by atoms with Crippen molar-refractivity contribution in [2.45, 2.75) is 49.2 Å². The Kier molecular flexibility index (Phi) is 8.03. The van der Waals surface area contributed by atoms with E-state index in [9.17, 15) is 5.26 Å². The smallest absolute Gasteiger partial charge is 0.232 e. The Morgan fingerprint density at radius 1 is 1.03 bits per heavy atom. The minimum atomic E-state index is 0.384. The molecular weight excluding hydrogens is 462 g/mol. The summed E-state index contributed by atoms with van der Waals surface area (Å²) in [6, 6.07) is 18.6. The zero-order valence-corrected chi connectivity index (χ0v) is 21.5. The molecule has 0 N–H and O–H groups in total. The zero-order valence-electron chi connectivity index (χ0n) is 20.0. The maximum atomic E-state index is 10.3. The van der Waals surface area contributed by atoms with Crippen LogP contribution in [0.4, 0.5) is 5.69 Å². The van der Waals surface area contributed by atoms with Gasteiger partial charge in [0.25, 0.3) is 0 Å². The monoisotopic (exact) mass is 491 g/mol. The molecule has 0 radical (unpaired) electrons. The predicted octanol–water partition coefficient (Wildman–Crippen LogP) is 7.83. The Morgan fingerprint density at radius 2 is 1.68 bits per heavy atom. The molecule has 0 atom stereocenters. The van der Waals surface area contributed by atoms with E-state index in [1.54, 1.807) is 0 Å². The van der Waals surface area contributed by atoms with Crippen molar-refractivity contribution in [2.24, 2.45) is 0 Å². The van der Waals surface area contributed by atoms with Gasteiger partial charge in [-0.2, -0.15) is 5.26 Å². The summed E-state index contributed by atoms with van der Waals surface area (Å²) in [6.45, 7) is 2.36. The van der Waals surface area contributed by atoms with Crippen LogP contribution >= 0.6 is 23.4 Å². The first-order chi connectivity index (χ1) is 16.5. The fourth-order valence-corrected chi connectivity index (χ4v) is 6.00. The molecule has 2 aromatic carbocycles. The molecule has 0 unspecified atom stereocenters.